The number of benzene rings is 1. The van der Waals surface area contributed by atoms with Gasteiger partial charge < -0.3 is 10.6 Å². The van der Waals surface area contributed by atoms with E-state index in [-0.39, 0.29) is 29.4 Å². The van der Waals surface area contributed by atoms with Crippen molar-refractivity contribution in [1.29, 1.82) is 0 Å². The molecule has 0 spiro atoms. The molecule has 120 valence electrons. The normalized spacial score (nSPS) is 11.9. The van der Waals surface area contributed by atoms with Gasteiger partial charge in [0.05, 0.1) is 6.54 Å². The Hall–Kier alpha value is -0.780. The number of hydrogen-bond acceptors (Lipinski definition) is 1. The van der Waals surface area contributed by atoms with E-state index in [4.69, 9.17) is 5.73 Å². The lowest BCUT2D eigenvalue weighted by molar-refractivity contribution is 0.399. The molecule has 0 heterocycles. The van der Waals surface area contributed by atoms with Crippen molar-refractivity contribution in [2.75, 3.05) is 19.6 Å². The molecule has 0 unspecified atom stereocenters. The second kappa shape index (κ2) is 10.0. The van der Waals surface area contributed by atoms with Crippen LogP contribution in [0.15, 0.2) is 35.3 Å². The summed E-state index contributed by atoms with van der Waals surface area (Å²) in [5.41, 5.74) is 7.57. The van der Waals surface area contributed by atoms with Crippen LogP contribution in [-0.2, 0) is 5.41 Å². The number of hydrogen-bond donors (Lipinski definition) is 1. The lowest BCUT2D eigenvalue weighted by Crippen LogP contribution is -2.39. The van der Waals surface area contributed by atoms with Gasteiger partial charge in [-0.2, -0.15) is 0 Å². The third kappa shape index (κ3) is 5.16. The molecule has 0 saturated carbocycles. The molecular weight excluding hydrogens is 373 g/mol. The topological polar surface area (TPSA) is 41.6 Å². The summed E-state index contributed by atoms with van der Waals surface area (Å²) < 4.78 is 0. The smallest absolute Gasteiger partial charge is 0.191 e. The van der Waals surface area contributed by atoms with Crippen LogP contribution < -0.4 is 5.73 Å². The third-order valence-electron chi connectivity index (χ3n) is 4.37. The summed E-state index contributed by atoms with van der Waals surface area (Å²) in [7, 11) is 0. The summed E-state index contributed by atoms with van der Waals surface area (Å²) in [4.78, 5) is 6.78. The van der Waals surface area contributed by atoms with Crippen molar-refractivity contribution < 1.29 is 0 Å². The first-order chi connectivity index (χ1) is 9.63. The predicted molar refractivity (Wildman–Crippen MR) is 104 cm³/mol. The molecule has 0 aliphatic rings. The molecule has 1 aromatic carbocycles. The Kier molecular flexibility index (Phi) is 9.66. The van der Waals surface area contributed by atoms with Crippen molar-refractivity contribution in [3.63, 3.8) is 0 Å². The maximum Gasteiger partial charge on any atom is 0.191 e. The molecule has 0 aliphatic carbocycles. The SMILES string of the molecule is CCN(CC)C(N)=NCC(CC)(CC)c1ccccc1.I. The van der Waals surface area contributed by atoms with E-state index in [2.05, 4.69) is 67.9 Å². The molecule has 0 saturated heterocycles. The molecule has 1 rings (SSSR count). The number of halogens is 1. The molecule has 21 heavy (non-hydrogen) atoms. The van der Waals surface area contributed by atoms with E-state index in [0.29, 0.717) is 5.96 Å². The van der Waals surface area contributed by atoms with Gasteiger partial charge in [0.1, 0.15) is 0 Å². The Bertz CT molecular complexity index is 409. The van der Waals surface area contributed by atoms with E-state index in [0.717, 1.165) is 32.5 Å². The van der Waals surface area contributed by atoms with Crippen LogP contribution in [0.2, 0.25) is 0 Å². The van der Waals surface area contributed by atoms with E-state index >= 15 is 0 Å². The summed E-state index contributed by atoms with van der Waals surface area (Å²) in [6.45, 7) is 11.3. The second-order valence-electron chi connectivity index (χ2n) is 5.20. The van der Waals surface area contributed by atoms with Crippen molar-refractivity contribution in [2.24, 2.45) is 10.7 Å². The Labute approximate surface area is 147 Å². The minimum absolute atomic E-state index is 0. The maximum absolute atomic E-state index is 6.11. The van der Waals surface area contributed by atoms with Gasteiger partial charge >= 0.3 is 0 Å². The molecular formula is C17H30IN3. The van der Waals surface area contributed by atoms with Crippen LogP contribution in [0.4, 0.5) is 0 Å². The third-order valence-corrected chi connectivity index (χ3v) is 4.37. The van der Waals surface area contributed by atoms with Gasteiger partial charge in [-0.3, -0.25) is 4.99 Å². The fourth-order valence-corrected chi connectivity index (χ4v) is 2.64. The standard InChI is InChI=1S/C17H29N3.HI/c1-5-17(6-2,15-12-10-9-11-13-15)14-19-16(18)20(7-3)8-4;/h9-13H,5-8,14H2,1-4H3,(H2,18,19);1H. The number of nitrogens with two attached hydrogens (primary N) is 1. The first kappa shape index (κ1) is 20.2. The number of nitrogens with zero attached hydrogens (tertiary/aromatic N) is 2. The molecule has 0 aliphatic heterocycles. The Morgan fingerprint density at radius 2 is 1.57 bits per heavy atom. The van der Waals surface area contributed by atoms with Crippen LogP contribution in [0.1, 0.15) is 46.1 Å². The van der Waals surface area contributed by atoms with E-state index in [1.807, 2.05) is 0 Å². The Balaban J connectivity index is 0.00000400. The monoisotopic (exact) mass is 403 g/mol. The lowest BCUT2D eigenvalue weighted by atomic mass is 9.76. The molecule has 1 aromatic rings. The summed E-state index contributed by atoms with van der Waals surface area (Å²) in [6.07, 6.45) is 2.14. The van der Waals surface area contributed by atoms with E-state index < -0.39 is 0 Å². The van der Waals surface area contributed by atoms with Crippen molar-refractivity contribution in [2.45, 2.75) is 46.0 Å². The Morgan fingerprint density at radius 1 is 1.05 bits per heavy atom. The quantitative estimate of drug-likeness (QED) is 0.425. The zero-order chi connectivity index (χ0) is 15.0. The zero-order valence-corrected chi connectivity index (χ0v) is 16.1. The van der Waals surface area contributed by atoms with Crippen LogP contribution in [0.25, 0.3) is 0 Å². The predicted octanol–water partition coefficient (Wildman–Crippen LogP) is 4.02. The molecule has 0 bridgehead atoms. The van der Waals surface area contributed by atoms with Gasteiger partial charge in [0.2, 0.25) is 0 Å². The van der Waals surface area contributed by atoms with Crippen LogP contribution in [0.5, 0.6) is 0 Å². The first-order valence-electron chi connectivity index (χ1n) is 7.73. The minimum Gasteiger partial charge on any atom is -0.370 e. The van der Waals surface area contributed by atoms with Crippen LogP contribution >= 0.6 is 24.0 Å². The summed E-state index contributed by atoms with van der Waals surface area (Å²) in [5.74, 6) is 0.664. The van der Waals surface area contributed by atoms with Crippen molar-refractivity contribution in [1.82, 2.24) is 4.90 Å². The van der Waals surface area contributed by atoms with E-state index in [9.17, 15) is 0 Å². The average Bonchev–Trinajstić information content (AvgIpc) is 2.51. The van der Waals surface area contributed by atoms with Gasteiger partial charge in [-0.15, -0.1) is 24.0 Å². The maximum atomic E-state index is 6.11. The largest absolute Gasteiger partial charge is 0.370 e. The summed E-state index contributed by atoms with van der Waals surface area (Å²) in [6, 6.07) is 10.7. The highest BCUT2D eigenvalue weighted by Crippen LogP contribution is 2.31. The molecule has 0 atom stereocenters. The molecule has 4 heteroatoms. The fraction of sp³-hybridized carbons (Fsp3) is 0.588. The van der Waals surface area contributed by atoms with Gasteiger partial charge in [0.25, 0.3) is 0 Å². The summed E-state index contributed by atoms with van der Waals surface area (Å²) in [5, 5.41) is 0. The van der Waals surface area contributed by atoms with Crippen molar-refractivity contribution in [3.8, 4) is 0 Å². The highest BCUT2D eigenvalue weighted by Gasteiger charge is 2.28. The van der Waals surface area contributed by atoms with Crippen molar-refractivity contribution in [3.05, 3.63) is 35.9 Å². The minimum atomic E-state index is 0. The summed E-state index contributed by atoms with van der Waals surface area (Å²) >= 11 is 0. The molecule has 3 nitrogen and oxygen atoms in total. The van der Waals surface area contributed by atoms with Gasteiger partial charge in [0, 0.05) is 18.5 Å². The van der Waals surface area contributed by atoms with Crippen LogP contribution in [0.3, 0.4) is 0 Å². The number of guanidine groups is 1. The van der Waals surface area contributed by atoms with Crippen molar-refractivity contribution >= 4 is 29.9 Å². The van der Waals surface area contributed by atoms with Crippen LogP contribution in [-0.4, -0.2) is 30.5 Å². The van der Waals surface area contributed by atoms with Crippen LogP contribution in [0, 0.1) is 0 Å². The molecule has 0 amide bonds. The molecule has 0 fully saturated rings. The van der Waals surface area contributed by atoms with Gasteiger partial charge in [-0.25, -0.2) is 0 Å². The fourth-order valence-electron chi connectivity index (χ4n) is 2.64. The number of rotatable bonds is 7. The van der Waals surface area contributed by atoms with Gasteiger partial charge in [0.15, 0.2) is 5.96 Å². The lowest BCUT2D eigenvalue weighted by Gasteiger charge is -2.31. The Morgan fingerprint density at radius 3 is 2.00 bits per heavy atom. The molecule has 2 N–H and O–H groups in total. The first-order valence-corrected chi connectivity index (χ1v) is 7.73. The number of aliphatic imine (C=N–C) groups is 1. The van der Waals surface area contributed by atoms with Gasteiger partial charge in [-0.05, 0) is 32.3 Å². The average molecular weight is 403 g/mol. The zero-order valence-electron chi connectivity index (χ0n) is 13.8. The van der Waals surface area contributed by atoms with E-state index in [1.54, 1.807) is 0 Å². The molecule has 0 radical (unpaired) electrons. The highest BCUT2D eigenvalue weighted by atomic mass is 127. The molecule has 0 aromatic heterocycles. The second-order valence-corrected chi connectivity index (χ2v) is 5.20. The highest BCUT2D eigenvalue weighted by molar-refractivity contribution is 14.0. The van der Waals surface area contributed by atoms with Gasteiger partial charge in [-0.1, -0.05) is 44.2 Å². The van der Waals surface area contributed by atoms with E-state index in [1.165, 1.54) is 5.56 Å².